The van der Waals surface area contributed by atoms with Crippen molar-refractivity contribution < 1.29 is 14.7 Å². The molecule has 0 aromatic carbocycles. The maximum absolute atomic E-state index is 11.6. The third-order valence-corrected chi connectivity index (χ3v) is 3.60. The van der Waals surface area contributed by atoms with Gasteiger partial charge < -0.3 is 10.0 Å². The zero-order valence-electron chi connectivity index (χ0n) is 12.3. The highest BCUT2D eigenvalue weighted by atomic mass is 32.2. The molecule has 0 aliphatic rings. The lowest BCUT2D eigenvalue weighted by atomic mass is 10.2. The van der Waals surface area contributed by atoms with Crippen LogP contribution in [0.1, 0.15) is 41.6 Å². The number of thioether (sulfide) groups is 1. The molecule has 1 N–H and O–H groups in total. The van der Waals surface area contributed by atoms with Crippen LogP contribution in [-0.4, -0.2) is 51.7 Å². The first kappa shape index (κ1) is 16.4. The fourth-order valence-corrected chi connectivity index (χ4v) is 2.49. The predicted molar refractivity (Wildman–Crippen MR) is 77.2 cm³/mol. The second kappa shape index (κ2) is 6.69. The largest absolute Gasteiger partial charge is 0.478 e. The number of carboxylic acids is 1. The zero-order chi connectivity index (χ0) is 15.4. The van der Waals surface area contributed by atoms with Gasteiger partial charge in [0.2, 0.25) is 5.91 Å². The van der Waals surface area contributed by atoms with Crippen molar-refractivity contribution >= 4 is 23.6 Å². The summed E-state index contributed by atoms with van der Waals surface area (Å²) in [4.78, 5) is 32.9. The van der Waals surface area contributed by atoms with Gasteiger partial charge in [-0.3, -0.25) is 4.79 Å². The number of rotatable bonds is 5. The fraction of sp³-hybridized carbons (Fsp3) is 0.538. The van der Waals surface area contributed by atoms with Crippen LogP contribution in [0.25, 0.3) is 0 Å². The van der Waals surface area contributed by atoms with E-state index in [0.717, 1.165) is 11.8 Å². The molecule has 1 aromatic rings. The number of carbonyl (C=O) groups is 2. The van der Waals surface area contributed by atoms with Crippen molar-refractivity contribution in [2.75, 3.05) is 19.8 Å². The summed E-state index contributed by atoms with van der Waals surface area (Å²) in [6.07, 6.45) is 0. The number of amides is 1. The minimum atomic E-state index is -1.07. The smallest absolute Gasteiger partial charge is 0.340 e. The van der Waals surface area contributed by atoms with Crippen LogP contribution < -0.4 is 0 Å². The summed E-state index contributed by atoms with van der Waals surface area (Å²) >= 11 is 1.13. The van der Waals surface area contributed by atoms with Gasteiger partial charge >= 0.3 is 5.97 Å². The summed E-state index contributed by atoms with van der Waals surface area (Å²) in [5.41, 5.74) is 0.502. The number of aromatic carboxylic acids is 1. The standard InChI is InChI=1S/C13H19N3O3S/c1-7(2)11-14-8(3)10(13(18)19)12(15-11)20-6-9(17)16(4)5/h7H,6H2,1-5H3,(H,18,19). The van der Waals surface area contributed by atoms with E-state index >= 15 is 0 Å². The van der Waals surface area contributed by atoms with Gasteiger partial charge in [-0.1, -0.05) is 25.6 Å². The lowest BCUT2D eigenvalue weighted by Crippen LogP contribution is -2.23. The predicted octanol–water partition coefficient (Wildman–Crippen LogP) is 1.79. The second-order valence-electron chi connectivity index (χ2n) is 4.88. The van der Waals surface area contributed by atoms with E-state index in [9.17, 15) is 14.7 Å². The zero-order valence-corrected chi connectivity index (χ0v) is 13.1. The Bertz CT molecular complexity index is 530. The summed E-state index contributed by atoms with van der Waals surface area (Å²) in [6.45, 7) is 5.53. The Balaban J connectivity index is 3.13. The summed E-state index contributed by atoms with van der Waals surface area (Å²) in [5.74, 6) is -0.319. The Kier molecular flexibility index (Phi) is 5.50. The van der Waals surface area contributed by atoms with E-state index in [0.29, 0.717) is 16.5 Å². The topological polar surface area (TPSA) is 83.4 Å². The molecular formula is C13H19N3O3S. The van der Waals surface area contributed by atoms with Crippen molar-refractivity contribution in [2.24, 2.45) is 0 Å². The average Bonchev–Trinajstić information content (AvgIpc) is 2.34. The molecule has 0 spiro atoms. The quantitative estimate of drug-likeness (QED) is 0.659. The van der Waals surface area contributed by atoms with Crippen molar-refractivity contribution in [3.05, 3.63) is 17.1 Å². The molecule has 0 bridgehead atoms. The Labute approximate surface area is 122 Å². The molecule has 0 saturated carbocycles. The van der Waals surface area contributed by atoms with Gasteiger partial charge in [-0.25, -0.2) is 14.8 Å². The number of carboxylic acid groups (broad SMARTS) is 1. The summed E-state index contributed by atoms with van der Waals surface area (Å²) < 4.78 is 0. The van der Waals surface area contributed by atoms with Crippen LogP contribution in [0.5, 0.6) is 0 Å². The molecule has 1 rings (SSSR count). The second-order valence-corrected chi connectivity index (χ2v) is 5.85. The summed E-state index contributed by atoms with van der Waals surface area (Å²) in [7, 11) is 3.32. The number of hydrogen-bond acceptors (Lipinski definition) is 5. The van der Waals surface area contributed by atoms with Crippen LogP contribution in [0.2, 0.25) is 0 Å². The Morgan fingerprint density at radius 2 is 1.90 bits per heavy atom. The molecule has 0 fully saturated rings. The van der Waals surface area contributed by atoms with Crippen LogP contribution in [0.4, 0.5) is 0 Å². The highest BCUT2D eigenvalue weighted by molar-refractivity contribution is 8.00. The average molecular weight is 297 g/mol. The molecule has 1 aromatic heterocycles. The number of aryl methyl sites for hydroxylation is 1. The molecule has 6 nitrogen and oxygen atoms in total. The van der Waals surface area contributed by atoms with E-state index in [4.69, 9.17) is 0 Å². The van der Waals surface area contributed by atoms with Crippen molar-refractivity contribution in [1.82, 2.24) is 14.9 Å². The van der Waals surface area contributed by atoms with Crippen molar-refractivity contribution in [3.8, 4) is 0 Å². The number of carbonyl (C=O) groups excluding carboxylic acids is 1. The first-order chi connectivity index (χ1) is 9.23. The molecular weight excluding hydrogens is 278 g/mol. The molecule has 0 unspecified atom stereocenters. The van der Waals surface area contributed by atoms with Crippen molar-refractivity contribution in [1.29, 1.82) is 0 Å². The van der Waals surface area contributed by atoms with Crippen LogP contribution in [0.15, 0.2) is 5.03 Å². The van der Waals surface area contributed by atoms with E-state index in [1.165, 1.54) is 4.90 Å². The van der Waals surface area contributed by atoms with Crippen LogP contribution in [0, 0.1) is 6.92 Å². The molecule has 110 valence electrons. The maximum atomic E-state index is 11.6. The highest BCUT2D eigenvalue weighted by Crippen LogP contribution is 2.25. The molecule has 0 aliphatic carbocycles. The van der Waals surface area contributed by atoms with Crippen molar-refractivity contribution in [3.63, 3.8) is 0 Å². The van der Waals surface area contributed by atoms with Gasteiger partial charge in [-0.15, -0.1) is 0 Å². The van der Waals surface area contributed by atoms with Gasteiger partial charge in [0.1, 0.15) is 16.4 Å². The van der Waals surface area contributed by atoms with Gasteiger partial charge in [0.15, 0.2) is 0 Å². The third-order valence-electron chi connectivity index (χ3n) is 2.64. The Morgan fingerprint density at radius 3 is 2.35 bits per heavy atom. The van der Waals surface area contributed by atoms with Crippen LogP contribution >= 0.6 is 11.8 Å². The van der Waals surface area contributed by atoms with Gasteiger partial charge in [0.05, 0.1) is 11.4 Å². The van der Waals surface area contributed by atoms with Crippen molar-refractivity contribution in [2.45, 2.75) is 31.7 Å². The van der Waals surface area contributed by atoms with Crippen LogP contribution in [0.3, 0.4) is 0 Å². The van der Waals surface area contributed by atoms with Gasteiger partial charge in [0.25, 0.3) is 0 Å². The first-order valence-electron chi connectivity index (χ1n) is 6.18. The molecule has 7 heteroatoms. The van der Waals surface area contributed by atoms with E-state index in [-0.39, 0.29) is 23.1 Å². The Morgan fingerprint density at radius 1 is 1.30 bits per heavy atom. The minimum absolute atomic E-state index is 0.0750. The van der Waals surface area contributed by atoms with Gasteiger partial charge in [-0.2, -0.15) is 0 Å². The van der Waals surface area contributed by atoms with Crippen LogP contribution in [-0.2, 0) is 4.79 Å². The molecule has 20 heavy (non-hydrogen) atoms. The lowest BCUT2D eigenvalue weighted by Gasteiger charge is -2.13. The molecule has 0 saturated heterocycles. The Hall–Kier alpha value is -1.63. The fourth-order valence-electron chi connectivity index (χ4n) is 1.44. The molecule has 0 radical (unpaired) electrons. The van der Waals surface area contributed by atoms with Gasteiger partial charge in [-0.05, 0) is 6.92 Å². The number of nitrogens with zero attached hydrogens (tertiary/aromatic N) is 3. The van der Waals surface area contributed by atoms with E-state index in [1.807, 2.05) is 13.8 Å². The van der Waals surface area contributed by atoms with E-state index < -0.39 is 5.97 Å². The summed E-state index contributed by atoms with van der Waals surface area (Å²) in [6, 6.07) is 0. The monoisotopic (exact) mass is 297 g/mol. The molecule has 0 aliphatic heterocycles. The third kappa shape index (κ3) is 3.93. The first-order valence-corrected chi connectivity index (χ1v) is 7.17. The van der Waals surface area contributed by atoms with Gasteiger partial charge in [0, 0.05) is 20.0 Å². The normalized spacial score (nSPS) is 10.7. The van der Waals surface area contributed by atoms with E-state index in [1.54, 1.807) is 21.0 Å². The molecule has 1 amide bonds. The maximum Gasteiger partial charge on any atom is 0.340 e. The molecule has 0 atom stereocenters. The summed E-state index contributed by atoms with van der Waals surface area (Å²) in [5, 5.41) is 9.61. The number of aromatic nitrogens is 2. The minimum Gasteiger partial charge on any atom is -0.478 e. The SMILES string of the molecule is Cc1nc(C(C)C)nc(SCC(=O)N(C)C)c1C(=O)O. The lowest BCUT2D eigenvalue weighted by molar-refractivity contribution is -0.125. The highest BCUT2D eigenvalue weighted by Gasteiger charge is 2.20. The van der Waals surface area contributed by atoms with E-state index in [2.05, 4.69) is 9.97 Å². The molecule has 1 heterocycles. The number of hydrogen-bond donors (Lipinski definition) is 1.